The number of fused-ring (bicyclic) bond motifs is 1. The van der Waals surface area contributed by atoms with Gasteiger partial charge in [0.05, 0.1) is 16.1 Å². The molecular weight excluding hydrogens is 361 g/mol. The molecule has 27 heavy (non-hydrogen) atoms. The van der Waals surface area contributed by atoms with Crippen molar-refractivity contribution in [3.05, 3.63) is 59.7 Å². The molecule has 0 saturated carbocycles. The monoisotopic (exact) mass is 385 g/mol. The maximum absolute atomic E-state index is 13.0. The average molecular weight is 385 g/mol. The first-order valence-electron chi connectivity index (χ1n) is 9.13. The molecule has 0 aromatic heterocycles. The number of hydrogen-bond donors (Lipinski definition) is 0. The molecule has 0 spiro atoms. The van der Waals surface area contributed by atoms with Crippen LogP contribution in [0.1, 0.15) is 38.8 Å². The Morgan fingerprint density at radius 3 is 1.81 bits per heavy atom. The zero-order valence-electron chi connectivity index (χ0n) is 16.1. The van der Waals surface area contributed by atoms with Crippen LogP contribution >= 0.6 is 0 Å². The third-order valence-corrected chi connectivity index (χ3v) is 7.66. The maximum atomic E-state index is 13.0. The van der Waals surface area contributed by atoms with Crippen molar-refractivity contribution in [3.63, 3.8) is 0 Å². The Labute approximate surface area is 161 Å². The summed E-state index contributed by atoms with van der Waals surface area (Å²) in [5.74, 6) is 0. The molecule has 1 fully saturated rings. The minimum Gasteiger partial charge on any atom is -0.399 e. The SMILES string of the molecule is CC1(C)OB(c2ccc(S(=O)(=O)N3Cc4ccccc4C3)cc2)OC1(C)C. The molecule has 1 saturated heterocycles. The van der Waals surface area contributed by atoms with E-state index in [4.69, 9.17) is 9.31 Å². The smallest absolute Gasteiger partial charge is 0.399 e. The van der Waals surface area contributed by atoms with Crippen molar-refractivity contribution in [2.45, 2.75) is 56.9 Å². The molecule has 2 aliphatic heterocycles. The van der Waals surface area contributed by atoms with Gasteiger partial charge in [-0.15, -0.1) is 0 Å². The second kappa shape index (κ2) is 6.17. The Hall–Kier alpha value is -1.67. The Balaban J connectivity index is 1.55. The highest BCUT2D eigenvalue weighted by molar-refractivity contribution is 7.89. The van der Waals surface area contributed by atoms with Gasteiger partial charge in [-0.3, -0.25) is 0 Å². The Morgan fingerprint density at radius 2 is 1.33 bits per heavy atom. The molecule has 0 unspecified atom stereocenters. The summed E-state index contributed by atoms with van der Waals surface area (Å²) < 4.78 is 39.6. The normalized spacial score (nSPS) is 21.4. The first-order valence-corrected chi connectivity index (χ1v) is 10.6. The lowest BCUT2D eigenvalue weighted by atomic mass is 9.79. The summed E-state index contributed by atoms with van der Waals surface area (Å²) in [5, 5.41) is 0. The molecule has 2 aromatic carbocycles. The van der Waals surface area contributed by atoms with Gasteiger partial charge in [0.2, 0.25) is 10.0 Å². The summed E-state index contributed by atoms with van der Waals surface area (Å²) in [6.45, 7) is 8.82. The molecule has 2 aromatic rings. The zero-order valence-corrected chi connectivity index (χ0v) is 16.9. The van der Waals surface area contributed by atoms with Crippen LogP contribution in [0, 0.1) is 0 Å². The van der Waals surface area contributed by atoms with Crippen LogP contribution in [0.15, 0.2) is 53.4 Å². The summed E-state index contributed by atoms with van der Waals surface area (Å²) >= 11 is 0. The Morgan fingerprint density at radius 1 is 0.852 bits per heavy atom. The van der Waals surface area contributed by atoms with Crippen LogP contribution in [0.4, 0.5) is 0 Å². The van der Waals surface area contributed by atoms with Gasteiger partial charge < -0.3 is 9.31 Å². The van der Waals surface area contributed by atoms with Crippen molar-refractivity contribution in [1.29, 1.82) is 0 Å². The summed E-state index contributed by atoms with van der Waals surface area (Å²) in [6, 6.07) is 14.7. The highest BCUT2D eigenvalue weighted by Crippen LogP contribution is 2.36. The Kier molecular flexibility index (Phi) is 4.27. The number of rotatable bonds is 3. The van der Waals surface area contributed by atoms with E-state index in [9.17, 15) is 8.42 Å². The number of benzene rings is 2. The number of nitrogens with zero attached hydrogens (tertiary/aromatic N) is 1. The fourth-order valence-electron chi connectivity index (χ4n) is 3.40. The van der Waals surface area contributed by atoms with Crippen LogP contribution in [0.5, 0.6) is 0 Å². The topological polar surface area (TPSA) is 55.8 Å². The second-order valence-corrected chi connectivity index (χ2v) is 10.1. The average Bonchev–Trinajstić information content (AvgIpc) is 3.14. The minimum absolute atomic E-state index is 0.288. The molecule has 7 heteroatoms. The third kappa shape index (κ3) is 3.12. The van der Waals surface area contributed by atoms with Gasteiger partial charge in [0.1, 0.15) is 0 Å². The summed E-state index contributed by atoms with van der Waals surface area (Å²) in [6.07, 6.45) is 0. The van der Waals surface area contributed by atoms with Crippen molar-refractivity contribution in [1.82, 2.24) is 4.31 Å². The van der Waals surface area contributed by atoms with Gasteiger partial charge in [-0.2, -0.15) is 4.31 Å². The highest BCUT2D eigenvalue weighted by Gasteiger charge is 2.51. The van der Waals surface area contributed by atoms with E-state index >= 15 is 0 Å². The molecule has 2 heterocycles. The molecule has 0 N–H and O–H groups in total. The first-order chi connectivity index (χ1) is 12.6. The first kappa shape index (κ1) is 18.7. The fraction of sp³-hybridized carbons (Fsp3) is 0.400. The van der Waals surface area contributed by atoms with Gasteiger partial charge in [0.25, 0.3) is 0 Å². The molecule has 0 bridgehead atoms. The van der Waals surface area contributed by atoms with E-state index in [0.29, 0.717) is 13.1 Å². The van der Waals surface area contributed by atoms with E-state index in [1.54, 1.807) is 24.3 Å². The van der Waals surface area contributed by atoms with E-state index in [2.05, 4.69) is 0 Å². The maximum Gasteiger partial charge on any atom is 0.494 e. The minimum atomic E-state index is -3.54. The molecule has 2 aliphatic rings. The van der Waals surface area contributed by atoms with Gasteiger partial charge in [-0.25, -0.2) is 8.42 Å². The van der Waals surface area contributed by atoms with Gasteiger partial charge in [0, 0.05) is 13.1 Å². The van der Waals surface area contributed by atoms with Crippen molar-refractivity contribution >= 4 is 22.6 Å². The van der Waals surface area contributed by atoms with Crippen molar-refractivity contribution in [2.24, 2.45) is 0 Å². The van der Waals surface area contributed by atoms with Crippen LogP contribution in [0.3, 0.4) is 0 Å². The zero-order chi connectivity index (χ0) is 19.4. The third-order valence-electron chi connectivity index (χ3n) is 5.86. The quantitative estimate of drug-likeness (QED) is 0.763. The summed E-state index contributed by atoms with van der Waals surface area (Å²) in [5.41, 5.74) is 2.09. The van der Waals surface area contributed by atoms with Gasteiger partial charge >= 0.3 is 7.12 Å². The van der Waals surface area contributed by atoms with E-state index in [1.165, 1.54) is 4.31 Å². The van der Waals surface area contributed by atoms with Crippen molar-refractivity contribution in [2.75, 3.05) is 0 Å². The van der Waals surface area contributed by atoms with Crippen molar-refractivity contribution < 1.29 is 17.7 Å². The lowest BCUT2D eigenvalue weighted by Gasteiger charge is -2.32. The number of sulfonamides is 1. The lowest BCUT2D eigenvalue weighted by molar-refractivity contribution is 0.00578. The van der Waals surface area contributed by atoms with E-state index in [-0.39, 0.29) is 4.90 Å². The highest BCUT2D eigenvalue weighted by atomic mass is 32.2. The van der Waals surface area contributed by atoms with E-state index in [1.807, 2.05) is 52.0 Å². The standard InChI is InChI=1S/C20H24BNO4S/c1-19(2)20(3,4)26-21(25-19)17-9-11-18(12-10-17)27(23,24)22-13-15-7-5-6-8-16(15)14-22/h5-12H,13-14H2,1-4H3. The van der Waals surface area contributed by atoms with E-state index in [0.717, 1.165) is 16.6 Å². The van der Waals surface area contributed by atoms with Gasteiger partial charge in [-0.1, -0.05) is 36.4 Å². The molecule has 0 amide bonds. The molecule has 0 aliphatic carbocycles. The van der Waals surface area contributed by atoms with Gasteiger partial charge in [0.15, 0.2) is 0 Å². The molecule has 142 valence electrons. The molecular formula is C20H24BNO4S. The summed E-state index contributed by atoms with van der Waals surface area (Å²) in [4.78, 5) is 0.288. The van der Waals surface area contributed by atoms with Crippen LogP contribution in [0.25, 0.3) is 0 Å². The Bertz CT molecular complexity index is 929. The summed E-state index contributed by atoms with van der Waals surface area (Å²) in [7, 11) is -4.04. The number of hydrogen-bond acceptors (Lipinski definition) is 4. The predicted molar refractivity (Wildman–Crippen MR) is 105 cm³/mol. The van der Waals surface area contributed by atoms with E-state index < -0.39 is 28.3 Å². The van der Waals surface area contributed by atoms with Crippen LogP contribution < -0.4 is 5.46 Å². The molecule has 4 rings (SSSR count). The largest absolute Gasteiger partial charge is 0.494 e. The molecule has 0 atom stereocenters. The second-order valence-electron chi connectivity index (χ2n) is 8.20. The predicted octanol–water partition coefficient (Wildman–Crippen LogP) is 2.69. The van der Waals surface area contributed by atoms with Crippen LogP contribution in [-0.2, 0) is 32.4 Å². The lowest BCUT2D eigenvalue weighted by Crippen LogP contribution is -2.41. The van der Waals surface area contributed by atoms with Crippen LogP contribution in [0.2, 0.25) is 0 Å². The molecule has 5 nitrogen and oxygen atoms in total. The molecule has 0 radical (unpaired) electrons. The fourth-order valence-corrected chi connectivity index (χ4v) is 4.79. The van der Waals surface area contributed by atoms with Crippen molar-refractivity contribution in [3.8, 4) is 0 Å². The van der Waals surface area contributed by atoms with Crippen LogP contribution in [-0.4, -0.2) is 31.0 Å². The van der Waals surface area contributed by atoms with Gasteiger partial charge in [-0.05, 0) is 56.4 Å².